The molecule has 0 bridgehead atoms. The van der Waals surface area contributed by atoms with Gasteiger partial charge < -0.3 is 5.73 Å². The Hall–Kier alpha value is -0.230. The Morgan fingerprint density at radius 3 is 2.42 bits per heavy atom. The van der Waals surface area contributed by atoms with Crippen LogP contribution in [0.25, 0.3) is 0 Å². The molecular weight excluding hydrogens is 441 g/mol. The minimum Gasteiger partial charge on any atom is -0.324 e. The van der Waals surface area contributed by atoms with Crippen molar-refractivity contribution in [2.75, 3.05) is 0 Å². The SMILES string of the molecule is NC(Cc1cc(F)cc(Br)c1)c1cc(Br)ccc1Br. The monoisotopic (exact) mass is 449 g/mol. The van der Waals surface area contributed by atoms with Crippen molar-refractivity contribution < 1.29 is 4.39 Å². The van der Waals surface area contributed by atoms with E-state index in [1.165, 1.54) is 12.1 Å². The molecule has 1 nitrogen and oxygen atoms in total. The zero-order chi connectivity index (χ0) is 14.0. The molecule has 1 atom stereocenters. The van der Waals surface area contributed by atoms with Crippen LogP contribution in [-0.4, -0.2) is 0 Å². The Morgan fingerprint density at radius 2 is 1.74 bits per heavy atom. The van der Waals surface area contributed by atoms with Gasteiger partial charge in [-0.15, -0.1) is 0 Å². The lowest BCUT2D eigenvalue weighted by molar-refractivity contribution is 0.621. The van der Waals surface area contributed by atoms with E-state index in [1.807, 2.05) is 24.3 Å². The molecule has 19 heavy (non-hydrogen) atoms. The van der Waals surface area contributed by atoms with E-state index in [0.717, 1.165) is 24.5 Å². The molecule has 100 valence electrons. The van der Waals surface area contributed by atoms with Crippen molar-refractivity contribution in [3.63, 3.8) is 0 Å². The Kier molecular flexibility index (Phi) is 5.17. The number of hydrogen-bond acceptors (Lipinski definition) is 1. The van der Waals surface area contributed by atoms with Gasteiger partial charge in [-0.25, -0.2) is 4.39 Å². The summed E-state index contributed by atoms with van der Waals surface area (Å²) >= 11 is 10.2. The van der Waals surface area contributed by atoms with Crippen molar-refractivity contribution in [3.8, 4) is 0 Å². The molecule has 5 heteroatoms. The van der Waals surface area contributed by atoms with E-state index in [4.69, 9.17) is 5.73 Å². The van der Waals surface area contributed by atoms with Crippen molar-refractivity contribution in [3.05, 3.63) is 66.8 Å². The zero-order valence-electron chi connectivity index (χ0n) is 9.84. The molecule has 0 amide bonds. The molecule has 0 saturated carbocycles. The highest BCUT2D eigenvalue weighted by molar-refractivity contribution is 9.11. The Balaban J connectivity index is 2.25. The molecule has 0 saturated heterocycles. The summed E-state index contributed by atoms with van der Waals surface area (Å²) in [6.07, 6.45) is 0.575. The van der Waals surface area contributed by atoms with Gasteiger partial charge in [-0.2, -0.15) is 0 Å². The molecule has 0 aliphatic heterocycles. The van der Waals surface area contributed by atoms with Gasteiger partial charge in [-0.1, -0.05) is 47.8 Å². The summed E-state index contributed by atoms with van der Waals surface area (Å²) in [6.45, 7) is 0. The Morgan fingerprint density at radius 1 is 1.00 bits per heavy atom. The second kappa shape index (κ2) is 6.48. The summed E-state index contributed by atoms with van der Waals surface area (Å²) < 4.78 is 16.0. The van der Waals surface area contributed by atoms with Crippen LogP contribution < -0.4 is 5.73 Å². The van der Waals surface area contributed by atoms with E-state index in [2.05, 4.69) is 47.8 Å². The number of benzene rings is 2. The smallest absolute Gasteiger partial charge is 0.124 e. The van der Waals surface area contributed by atoms with Gasteiger partial charge in [0.15, 0.2) is 0 Å². The average molecular weight is 452 g/mol. The summed E-state index contributed by atoms with van der Waals surface area (Å²) in [4.78, 5) is 0. The van der Waals surface area contributed by atoms with Gasteiger partial charge in [0.25, 0.3) is 0 Å². The predicted molar refractivity (Wildman–Crippen MR) is 86.6 cm³/mol. The van der Waals surface area contributed by atoms with Crippen LogP contribution in [0.1, 0.15) is 17.2 Å². The lowest BCUT2D eigenvalue weighted by Crippen LogP contribution is -2.14. The predicted octanol–water partition coefficient (Wildman–Crippen LogP) is 5.36. The summed E-state index contributed by atoms with van der Waals surface area (Å²) in [5, 5.41) is 0. The van der Waals surface area contributed by atoms with Crippen LogP contribution in [0.5, 0.6) is 0 Å². The highest BCUT2D eigenvalue weighted by Crippen LogP contribution is 2.28. The van der Waals surface area contributed by atoms with E-state index in [9.17, 15) is 4.39 Å². The third kappa shape index (κ3) is 4.12. The molecule has 0 aliphatic rings. The summed E-state index contributed by atoms with van der Waals surface area (Å²) in [7, 11) is 0. The van der Waals surface area contributed by atoms with Crippen LogP contribution in [0.15, 0.2) is 49.8 Å². The first kappa shape index (κ1) is 15.2. The average Bonchev–Trinajstić information content (AvgIpc) is 2.30. The lowest BCUT2D eigenvalue weighted by atomic mass is 10.00. The molecule has 0 radical (unpaired) electrons. The van der Waals surface area contributed by atoms with Gasteiger partial charge in [0, 0.05) is 19.5 Å². The molecule has 0 fully saturated rings. The van der Waals surface area contributed by atoms with Crippen LogP contribution in [0.4, 0.5) is 4.39 Å². The van der Waals surface area contributed by atoms with E-state index in [1.54, 1.807) is 0 Å². The summed E-state index contributed by atoms with van der Waals surface area (Å²) in [5.74, 6) is -0.259. The first-order valence-corrected chi connectivity index (χ1v) is 7.99. The topological polar surface area (TPSA) is 26.0 Å². The van der Waals surface area contributed by atoms with Gasteiger partial charge in [0.05, 0.1) is 0 Å². The van der Waals surface area contributed by atoms with Crippen LogP contribution >= 0.6 is 47.8 Å². The normalized spacial score (nSPS) is 12.5. The number of rotatable bonds is 3. The van der Waals surface area contributed by atoms with Gasteiger partial charge in [-0.05, 0) is 53.9 Å². The van der Waals surface area contributed by atoms with Crippen molar-refractivity contribution >= 4 is 47.8 Å². The maximum Gasteiger partial charge on any atom is 0.124 e. The molecule has 2 aromatic carbocycles. The number of halogens is 4. The summed E-state index contributed by atoms with van der Waals surface area (Å²) in [5.41, 5.74) is 8.07. The van der Waals surface area contributed by atoms with Crippen molar-refractivity contribution in [2.24, 2.45) is 5.73 Å². The fourth-order valence-electron chi connectivity index (χ4n) is 1.89. The molecule has 1 unspecified atom stereocenters. The largest absolute Gasteiger partial charge is 0.324 e. The van der Waals surface area contributed by atoms with Crippen molar-refractivity contribution in [2.45, 2.75) is 12.5 Å². The number of hydrogen-bond donors (Lipinski definition) is 1. The van der Waals surface area contributed by atoms with Crippen LogP contribution in [0.2, 0.25) is 0 Å². The van der Waals surface area contributed by atoms with E-state index in [-0.39, 0.29) is 11.9 Å². The highest BCUT2D eigenvalue weighted by Gasteiger charge is 2.12. The Labute approximate surface area is 136 Å². The standard InChI is InChI=1S/C14H11Br3FN/c15-9-1-2-13(17)12(7-9)14(19)5-8-3-10(16)6-11(18)4-8/h1-4,6-7,14H,5,19H2. The molecule has 0 spiro atoms. The zero-order valence-corrected chi connectivity index (χ0v) is 14.6. The minimum absolute atomic E-state index is 0.194. The number of nitrogens with two attached hydrogens (primary N) is 1. The highest BCUT2D eigenvalue weighted by atomic mass is 79.9. The molecule has 2 N–H and O–H groups in total. The third-order valence-electron chi connectivity index (χ3n) is 2.74. The second-order valence-electron chi connectivity index (χ2n) is 4.25. The lowest BCUT2D eigenvalue weighted by Gasteiger charge is -2.15. The molecule has 2 rings (SSSR count). The van der Waals surface area contributed by atoms with Crippen molar-refractivity contribution in [1.29, 1.82) is 0 Å². The molecule has 0 aromatic heterocycles. The minimum atomic E-state index is -0.259. The quantitative estimate of drug-likeness (QED) is 0.668. The first-order valence-electron chi connectivity index (χ1n) is 5.61. The first-order chi connectivity index (χ1) is 8.95. The molecule has 0 aliphatic carbocycles. The summed E-state index contributed by atoms with van der Waals surface area (Å²) in [6, 6.07) is 10.5. The molecule has 2 aromatic rings. The molecular formula is C14H11Br3FN. The van der Waals surface area contributed by atoms with Gasteiger partial charge in [0.1, 0.15) is 5.82 Å². The van der Waals surface area contributed by atoms with Gasteiger partial charge in [0.2, 0.25) is 0 Å². The van der Waals surface area contributed by atoms with Gasteiger partial charge >= 0.3 is 0 Å². The van der Waals surface area contributed by atoms with E-state index >= 15 is 0 Å². The van der Waals surface area contributed by atoms with Crippen LogP contribution in [-0.2, 0) is 6.42 Å². The van der Waals surface area contributed by atoms with Crippen molar-refractivity contribution in [1.82, 2.24) is 0 Å². The van der Waals surface area contributed by atoms with E-state index < -0.39 is 0 Å². The molecule has 0 heterocycles. The van der Waals surface area contributed by atoms with E-state index in [0.29, 0.717) is 6.42 Å². The maximum atomic E-state index is 13.3. The Bertz CT molecular complexity index is 581. The van der Waals surface area contributed by atoms with Crippen LogP contribution in [0, 0.1) is 5.82 Å². The van der Waals surface area contributed by atoms with Gasteiger partial charge in [-0.3, -0.25) is 0 Å². The maximum absolute atomic E-state index is 13.3. The second-order valence-corrected chi connectivity index (χ2v) is 6.94. The third-order valence-corrected chi connectivity index (χ3v) is 4.41. The van der Waals surface area contributed by atoms with Crippen LogP contribution in [0.3, 0.4) is 0 Å². The fourth-order valence-corrected chi connectivity index (χ4v) is 3.32. The fraction of sp³-hybridized carbons (Fsp3) is 0.143.